The second kappa shape index (κ2) is 4.47. The fraction of sp³-hybridized carbons (Fsp3) is 0.500. The van der Waals surface area contributed by atoms with Gasteiger partial charge < -0.3 is 10.2 Å². The topological polar surface area (TPSA) is 15.3 Å². The number of para-hydroxylation sites is 1. The first-order valence-electron chi connectivity index (χ1n) is 5.40. The average Bonchev–Trinajstić information content (AvgIpc) is 2.44. The number of anilines is 1. The van der Waals surface area contributed by atoms with Crippen LogP contribution in [0.1, 0.15) is 13.3 Å². The quantitative estimate of drug-likeness (QED) is 0.727. The molecule has 1 aliphatic rings. The SMILES string of the molecule is CC1CCNCCN1c1ccccc1. The lowest BCUT2D eigenvalue weighted by molar-refractivity contribution is 0.631. The Morgan fingerprint density at radius 3 is 2.79 bits per heavy atom. The van der Waals surface area contributed by atoms with Gasteiger partial charge in [-0.1, -0.05) is 18.2 Å². The third-order valence-corrected chi connectivity index (χ3v) is 2.89. The molecule has 1 aromatic carbocycles. The highest BCUT2D eigenvalue weighted by molar-refractivity contribution is 5.47. The Hall–Kier alpha value is -1.02. The fourth-order valence-corrected chi connectivity index (χ4v) is 2.01. The Morgan fingerprint density at radius 2 is 2.00 bits per heavy atom. The van der Waals surface area contributed by atoms with Crippen molar-refractivity contribution in [3.8, 4) is 0 Å². The molecule has 0 spiro atoms. The van der Waals surface area contributed by atoms with E-state index in [1.807, 2.05) is 0 Å². The molecular weight excluding hydrogens is 172 g/mol. The molecule has 0 aromatic heterocycles. The standard InChI is InChI=1S/C12H18N2/c1-11-7-8-13-9-10-14(11)12-5-3-2-4-6-12/h2-6,11,13H,7-10H2,1H3. The van der Waals surface area contributed by atoms with E-state index in [1.165, 1.54) is 12.1 Å². The van der Waals surface area contributed by atoms with Gasteiger partial charge in [-0.2, -0.15) is 0 Å². The molecule has 14 heavy (non-hydrogen) atoms. The third-order valence-electron chi connectivity index (χ3n) is 2.89. The summed E-state index contributed by atoms with van der Waals surface area (Å²) in [7, 11) is 0. The molecule has 2 rings (SSSR count). The van der Waals surface area contributed by atoms with Crippen LogP contribution in [0.2, 0.25) is 0 Å². The summed E-state index contributed by atoms with van der Waals surface area (Å²) in [6.07, 6.45) is 1.23. The van der Waals surface area contributed by atoms with E-state index in [1.54, 1.807) is 0 Å². The molecule has 1 aliphatic heterocycles. The number of hydrogen-bond donors (Lipinski definition) is 1. The molecule has 0 saturated carbocycles. The molecule has 0 radical (unpaired) electrons. The maximum atomic E-state index is 3.44. The van der Waals surface area contributed by atoms with Crippen molar-refractivity contribution in [2.24, 2.45) is 0 Å². The summed E-state index contributed by atoms with van der Waals surface area (Å²) in [6.45, 7) is 5.66. The van der Waals surface area contributed by atoms with Crippen LogP contribution < -0.4 is 10.2 Å². The van der Waals surface area contributed by atoms with Crippen LogP contribution in [0.4, 0.5) is 5.69 Å². The Morgan fingerprint density at radius 1 is 1.21 bits per heavy atom. The summed E-state index contributed by atoms with van der Waals surface area (Å²) in [5, 5.41) is 3.44. The first kappa shape index (κ1) is 9.53. The largest absolute Gasteiger partial charge is 0.368 e. The van der Waals surface area contributed by atoms with Gasteiger partial charge in [-0.25, -0.2) is 0 Å². The molecule has 76 valence electrons. The highest BCUT2D eigenvalue weighted by Crippen LogP contribution is 2.18. The van der Waals surface area contributed by atoms with Gasteiger partial charge >= 0.3 is 0 Å². The zero-order valence-corrected chi connectivity index (χ0v) is 8.74. The van der Waals surface area contributed by atoms with Gasteiger partial charge in [0.25, 0.3) is 0 Å². The lowest BCUT2D eigenvalue weighted by Gasteiger charge is -2.28. The van der Waals surface area contributed by atoms with Gasteiger partial charge in [0.2, 0.25) is 0 Å². The lowest BCUT2D eigenvalue weighted by atomic mass is 10.2. The Bertz CT molecular complexity index is 271. The van der Waals surface area contributed by atoms with Crippen molar-refractivity contribution in [3.63, 3.8) is 0 Å². The molecule has 1 aromatic rings. The summed E-state index contributed by atoms with van der Waals surface area (Å²) < 4.78 is 0. The normalized spacial score (nSPS) is 23.2. The average molecular weight is 190 g/mol. The van der Waals surface area contributed by atoms with Crippen LogP contribution in [-0.2, 0) is 0 Å². The Balaban J connectivity index is 2.15. The number of hydrogen-bond acceptors (Lipinski definition) is 2. The molecule has 2 nitrogen and oxygen atoms in total. The van der Waals surface area contributed by atoms with Crippen molar-refractivity contribution in [1.82, 2.24) is 5.32 Å². The molecule has 0 amide bonds. The fourth-order valence-electron chi connectivity index (χ4n) is 2.01. The van der Waals surface area contributed by atoms with E-state index in [0.29, 0.717) is 6.04 Å². The molecule has 1 fully saturated rings. The van der Waals surface area contributed by atoms with Crippen LogP contribution >= 0.6 is 0 Å². The molecule has 1 saturated heterocycles. The molecule has 1 unspecified atom stereocenters. The number of benzene rings is 1. The van der Waals surface area contributed by atoms with E-state index in [-0.39, 0.29) is 0 Å². The van der Waals surface area contributed by atoms with Gasteiger partial charge in [0.1, 0.15) is 0 Å². The molecule has 1 N–H and O–H groups in total. The van der Waals surface area contributed by atoms with E-state index in [9.17, 15) is 0 Å². The second-order valence-electron chi connectivity index (χ2n) is 3.92. The van der Waals surface area contributed by atoms with Crippen LogP contribution in [0.15, 0.2) is 30.3 Å². The maximum Gasteiger partial charge on any atom is 0.0369 e. The highest BCUT2D eigenvalue weighted by atomic mass is 15.2. The van der Waals surface area contributed by atoms with Crippen molar-refractivity contribution in [2.75, 3.05) is 24.5 Å². The molecule has 0 bridgehead atoms. The number of nitrogens with zero attached hydrogens (tertiary/aromatic N) is 1. The van der Waals surface area contributed by atoms with Crippen molar-refractivity contribution in [3.05, 3.63) is 30.3 Å². The monoisotopic (exact) mass is 190 g/mol. The second-order valence-corrected chi connectivity index (χ2v) is 3.92. The van der Waals surface area contributed by atoms with E-state index < -0.39 is 0 Å². The summed E-state index contributed by atoms with van der Waals surface area (Å²) in [4.78, 5) is 2.49. The third kappa shape index (κ3) is 2.07. The number of rotatable bonds is 1. The first-order chi connectivity index (χ1) is 6.88. The van der Waals surface area contributed by atoms with Crippen LogP contribution in [0.5, 0.6) is 0 Å². The zero-order valence-electron chi connectivity index (χ0n) is 8.74. The van der Waals surface area contributed by atoms with Crippen molar-refractivity contribution in [2.45, 2.75) is 19.4 Å². The van der Waals surface area contributed by atoms with Crippen molar-refractivity contribution in [1.29, 1.82) is 0 Å². The predicted molar refractivity (Wildman–Crippen MR) is 60.7 cm³/mol. The molecular formula is C12H18N2. The van der Waals surface area contributed by atoms with E-state index in [4.69, 9.17) is 0 Å². The minimum absolute atomic E-state index is 0.646. The van der Waals surface area contributed by atoms with Crippen LogP contribution in [0.3, 0.4) is 0 Å². The van der Waals surface area contributed by atoms with E-state index in [2.05, 4.69) is 47.5 Å². The van der Waals surface area contributed by atoms with Crippen LogP contribution in [0.25, 0.3) is 0 Å². The minimum Gasteiger partial charge on any atom is -0.368 e. The van der Waals surface area contributed by atoms with Gasteiger partial charge in [-0.3, -0.25) is 0 Å². The predicted octanol–water partition coefficient (Wildman–Crippen LogP) is 1.87. The maximum absolute atomic E-state index is 3.44. The van der Waals surface area contributed by atoms with Crippen LogP contribution in [0, 0.1) is 0 Å². The van der Waals surface area contributed by atoms with E-state index in [0.717, 1.165) is 19.6 Å². The molecule has 1 heterocycles. The van der Waals surface area contributed by atoms with E-state index >= 15 is 0 Å². The van der Waals surface area contributed by atoms with Gasteiger partial charge in [-0.15, -0.1) is 0 Å². The summed E-state index contributed by atoms with van der Waals surface area (Å²) in [6, 6.07) is 11.3. The van der Waals surface area contributed by atoms with Crippen LogP contribution in [-0.4, -0.2) is 25.7 Å². The van der Waals surface area contributed by atoms with Gasteiger partial charge in [0.15, 0.2) is 0 Å². The summed E-state index contributed by atoms with van der Waals surface area (Å²) in [5.41, 5.74) is 1.35. The highest BCUT2D eigenvalue weighted by Gasteiger charge is 2.15. The molecule has 2 heteroatoms. The molecule has 1 atom stereocenters. The summed E-state index contributed by atoms with van der Waals surface area (Å²) in [5.74, 6) is 0. The first-order valence-corrected chi connectivity index (χ1v) is 5.40. The molecule has 0 aliphatic carbocycles. The smallest absolute Gasteiger partial charge is 0.0369 e. The van der Waals surface area contributed by atoms with Gasteiger partial charge in [-0.05, 0) is 32.0 Å². The minimum atomic E-state index is 0.646. The Labute approximate surface area is 85.9 Å². The Kier molecular flexibility index (Phi) is 3.04. The van der Waals surface area contributed by atoms with Gasteiger partial charge in [0.05, 0.1) is 0 Å². The lowest BCUT2D eigenvalue weighted by Crippen LogP contribution is -2.34. The van der Waals surface area contributed by atoms with Crippen molar-refractivity contribution >= 4 is 5.69 Å². The number of nitrogens with one attached hydrogen (secondary N) is 1. The van der Waals surface area contributed by atoms with Gasteiger partial charge in [0, 0.05) is 24.8 Å². The summed E-state index contributed by atoms with van der Waals surface area (Å²) >= 11 is 0. The zero-order chi connectivity index (χ0) is 9.80. The van der Waals surface area contributed by atoms with Crippen molar-refractivity contribution < 1.29 is 0 Å².